The van der Waals surface area contributed by atoms with Gasteiger partial charge in [0.15, 0.2) is 0 Å². The molecule has 1 heterocycles. The van der Waals surface area contributed by atoms with Gasteiger partial charge in [0.05, 0.1) is 6.54 Å². The van der Waals surface area contributed by atoms with E-state index in [-0.39, 0.29) is 5.91 Å². The van der Waals surface area contributed by atoms with Crippen LogP contribution in [0.2, 0.25) is 0 Å². The van der Waals surface area contributed by atoms with E-state index < -0.39 is 5.82 Å². The number of hydrogen-bond donors (Lipinski definition) is 0. The van der Waals surface area contributed by atoms with E-state index in [1.165, 1.54) is 23.4 Å². The molecule has 0 fully saturated rings. The number of carbonyl (C=O) groups excluding carboxylic acids is 1. The minimum Gasteiger partial charge on any atom is -0.334 e. The molecule has 2 aromatic rings. The lowest BCUT2D eigenvalue weighted by molar-refractivity contribution is 0.0779. The van der Waals surface area contributed by atoms with Crippen molar-refractivity contribution in [2.75, 3.05) is 7.05 Å². The lowest BCUT2D eigenvalue weighted by Gasteiger charge is -2.17. The number of benzene rings is 1. The number of aryl methyl sites for hydroxylation is 2. The van der Waals surface area contributed by atoms with Crippen LogP contribution in [0.15, 0.2) is 24.5 Å². The molecule has 0 unspecified atom stereocenters. The maximum absolute atomic E-state index is 13.2. The van der Waals surface area contributed by atoms with Crippen LogP contribution in [0.1, 0.15) is 21.7 Å². The quantitative estimate of drug-likeness (QED) is 0.843. The summed E-state index contributed by atoms with van der Waals surface area (Å²) < 4.78 is 14.8. The van der Waals surface area contributed by atoms with E-state index in [0.717, 1.165) is 5.56 Å². The van der Waals surface area contributed by atoms with Crippen LogP contribution < -0.4 is 0 Å². The third kappa shape index (κ3) is 2.78. The van der Waals surface area contributed by atoms with Gasteiger partial charge in [-0.15, -0.1) is 0 Å². The van der Waals surface area contributed by atoms with Crippen LogP contribution in [0.25, 0.3) is 0 Å². The SMILES string of the molecule is Cc1ccc(F)cc1C(=O)N(C)Cc1ncnn1C. The minimum atomic E-state index is -0.416. The average Bonchev–Trinajstić information content (AvgIpc) is 2.77. The molecule has 0 saturated carbocycles. The van der Waals surface area contributed by atoms with E-state index in [9.17, 15) is 9.18 Å². The molecule has 0 aliphatic rings. The smallest absolute Gasteiger partial charge is 0.254 e. The molecule has 1 aromatic heterocycles. The standard InChI is InChI=1S/C13H15FN4O/c1-9-4-5-10(14)6-11(9)13(19)17(2)7-12-15-8-16-18(12)3/h4-6,8H,7H2,1-3H3. The molecule has 1 amide bonds. The van der Waals surface area contributed by atoms with Crippen molar-refractivity contribution in [1.82, 2.24) is 19.7 Å². The van der Waals surface area contributed by atoms with Gasteiger partial charge in [-0.3, -0.25) is 9.48 Å². The number of rotatable bonds is 3. The third-order valence-corrected chi connectivity index (χ3v) is 2.96. The van der Waals surface area contributed by atoms with E-state index in [2.05, 4.69) is 10.1 Å². The fraction of sp³-hybridized carbons (Fsp3) is 0.308. The van der Waals surface area contributed by atoms with Crippen LogP contribution in [-0.2, 0) is 13.6 Å². The normalized spacial score (nSPS) is 10.5. The van der Waals surface area contributed by atoms with Crippen LogP contribution in [0.3, 0.4) is 0 Å². The van der Waals surface area contributed by atoms with Crippen LogP contribution in [0, 0.1) is 12.7 Å². The number of aromatic nitrogens is 3. The number of amides is 1. The predicted molar refractivity (Wildman–Crippen MR) is 67.9 cm³/mol. The molecular formula is C13H15FN4O. The molecule has 0 aliphatic carbocycles. The zero-order chi connectivity index (χ0) is 14.0. The first-order chi connectivity index (χ1) is 8.99. The second kappa shape index (κ2) is 5.17. The van der Waals surface area contributed by atoms with E-state index in [4.69, 9.17) is 0 Å². The highest BCUT2D eigenvalue weighted by Crippen LogP contribution is 2.13. The van der Waals surface area contributed by atoms with Crippen LogP contribution in [-0.4, -0.2) is 32.6 Å². The van der Waals surface area contributed by atoms with E-state index >= 15 is 0 Å². The molecule has 0 atom stereocenters. The maximum atomic E-state index is 13.2. The van der Waals surface area contributed by atoms with E-state index in [0.29, 0.717) is 17.9 Å². The summed E-state index contributed by atoms with van der Waals surface area (Å²) in [5.41, 5.74) is 1.11. The Bertz CT molecular complexity index is 608. The van der Waals surface area contributed by atoms with Crippen LogP contribution in [0.4, 0.5) is 4.39 Å². The van der Waals surface area contributed by atoms with Crippen molar-refractivity contribution in [3.8, 4) is 0 Å². The molecular weight excluding hydrogens is 247 g/mol. The van der Waals surface area contributed by atoms with Gasteiger partial charge in [0.25, 0.3) is 5.91 Å². The van der Waals surface area contributed by atoms with Gasteiger partial charge in [0, 0.05) is 19.7 Å². The van der Waals surface area contributed by atoms with Crippen LogP contribution >= 0.6 is 0 Å². The monoisotopic (exact) mass is 262 g/mol. The van der Waals surface area contributed by atoms with Crippen molar-refractivity contribution in [3.63, 3.8) is 0 Å². The molecule has 1 aromatic carbocycles. The highest BCUT2D eigenvalue weighted by atomic mass is 19.1. The van der Waals surface area contributed by atoms with Gasteiger partial charge in [-0.25, -0.2) is 9.37 Å². The lowest BCUT2D eigenvalue weighted by atomic mass is 10.1. The van der Waals surface area contributed by atoms with Crippen molar-refractivity contribution >= 4 is 5.91 Å². The molecule has 2 rings (SSSR count). The highest BCUT2D eigenvalue weighted by Gasteiger charge is 2.16. The molecule has 0 bridgehead atoms. The summed E-state index contributed by atoms with van der Waals surface area (Å²) >= 11 is 0. The number of halogens is 1. The topological polar surface area (TPSA) is 51.0 Å². The largest absolute Gasteiger partial charge is 0.334 e. The van der Waals surface area contributed by atoms with Gasteiger partial charge < -0.3 is 4.90 Å². The van der Waals surface area contributed by atoms with Gasteiger partial charge in [-0.05, 0) is 24.6 Å². The summed E-state index contributed by atoms with van der Waals surface area (Å²) in [5, 5.41) is 3.94. The Kier molecular flexibility index (Phi) is 3.59. The van der Waals surface area contributed by atoms with Gasteiger partial charge in [0.2, 0.25) is 0 Å². The summed E-state index contributed by atoms with van der Waals surface area (Å²) in [7, 11) is 3.41. The van der Waals surface area contributed by atoms with Crippen molar-refractivity contribution in [1.29, 1.82) is 0 Å². The van der Waals surface area contributed by atoms with Gasteiger partial charge in [-0.1, -0.05) is 6.07 Å². The summed E-state index contributed by atoms with van der Waals surface area (Å²) in [6.07, 6.45) is 1.43. The van der Waals surface area contributed by atoms with Crippen LogP contribution in [0.5, 0.6) is 0 Å². The summed E-state index contributed by atoms with van der Waals surface area (Å²) in [5.74, 6) is 0.0194. The second-order valence-electron chi connectivity index (χ2n) is 4.42. The Morgan fingerprint density at radius 2 is 2.21 bits per heavy atom. The molecule has 6 heteroatoms. The first-order valence-electron chi connectivity index (χ1n) is 5.83. The van der Waals surface area contributed by atoms with E-state index in [1.54, 1.807) is 31.8 Å². The molecule has 0 N–H and O–H groups in total. The average molecular weight is 262 g/mol. The van der Waals surface area contributed by atoms with Gasteiger partial charge in [-0.2, -0.15) is 5.10 Å². The first kappa shape index (κ1) is 13.2. The number of hydrogen-bond acceptors (Lipinski definition) is 3. The molecule has 5 nitrogen and oxygen atoms in total. The van der Waals surface area contributed by atoms with E-state index in [1.807, 2.05) is 0 Å². The zero-order valence-corrected chi connectivity index (χ0v) is 11.1. The number of nitrogens with zero attached hydrogens (tertiary/aromatic N) is 4. The third-order valence-electron chi connectivity index (χ3n) is 2.96. The molecule has 0 radical (unpaired) electrons. The Morgan fingerprint density at radius 3 is 2.84 bits per heavy atom. The fourth-order valence-corrected chi connectivity index (χ4v) is 1.78. The van der Waals surface area contributed by atoms with Gasteiger partial charge in [0.1, 0.15) is 18.0 Å². The fourth-order valence-electron chi connectivity index (χ4n) is 1.78. The minimum absolute atomic E-state index is 0.236. The highest BCUT2D eigenvalue weighted by molar-refractivity contribution is 5.95. The van der Waals surface area contributed by atoms with Crippen molar-refractivity contribution in [2.24, 2.45) is 7.05 Å². The summed E-state index contributed by atoms with van der Waals surface area (Å²) in [6, 6.07) is 4.19. The molecule has 100 valence electrons. The lowest BCUT2D eigenvalue weighted by Crippen LogP contribution is -2.28. The number of carbonyl (C=O) groups is 1. The Hall–Kier alpha value is -2.24. The Labute approximate surface area is 110 Å². The zero-order valence-electron chi connectivity index (χ0n) is 11.1. The Balaban J connectivity index is 2.19. The summed E-state index contributed by atoms with van der Waals surface area (Å²) in [4.78, 5) is 17.8. The summed E-state index contributed by atoms with van der Waals surface area (Å²) in [6.45, 7) is 2.11. The van der Waals surface area contributed by atoms with Gasteiger partial charge >= 0.3 is 0 Å². The second-order valence-corrected chi connectivity index (χ2v) is 4.42. The Morgan fingerprint density at radius 1 is 1.47 bits per heavy atom. The first-order valence-corrected chi connectivity index (χ1v) is 5.83. The van der Waals surface area contributed by atoms with Crippen molar-refractivity contribution in [2.45, 2.75) is 13.5 Å². The van der Waals surface area contributed by atoms with Crippen molar-refractivity contribution in [3.05, 3.63) is 47.3 Å². The molecule has 19 heavy (non-hydrogen) atoms. The predicted octanol–water partition coefficient (Wildman–Crippen LogP) is 1.53. The van der Waals surface area contributed by atoms with Crippen molar-refractivity contribution < 1.29 is 9.18 Å². The maximum Gasteiger partial charge on any atom is 0.254 e. The molecule has 0 aliphatic heterocycles. The molecule has 0 saturated heterocycles. The molecule has 0 spiro atoms.